The van der Waals surface area contributed by atoms with Gasteiger partial charge in [-0.1, -0.05) is 30.3 Å². The topological polar surface area (TPSA) is 51.7 Å². The third-order valence-electron chi connectivity index (χ3n) is 4.91. The summed E-state index contributed by atoms with van der Waals surface area (Å²) in [4.78, 5) is 19.0. The first-order valence-electron chi connectivity index (χ1n) is 8.86. The van der Waals surface area contributed by atoms with Gasteiger partial charge >= 0.3 is 0 Å². The van der Waals surface area contributed by atoms with Crippen molar-refractivity contribution in [2.24, 2.45) is 0 Å². The lowest BCUT2D eigenvalue weighted by atomic mass is 9.99. The highest BCUT2D eigenvalue weighted by Crippen LogP contribution is 2.30. The van der Waals surface area contributed by atoms with Crippen LogP contribution in [-0.4, -0.2) is 48.5 Å². The maximum absolute atomic E-state index is 12.5. The van der Waals surface area contributed by atoms with E-state index in [1.807, 2.05) is 0 Å². The van der Waals surface area contributed by atoms with Crippen molar-refractivity contribution in [2.75, 3.05) is 32.8 Å². The molecule has 1 aromatic carbocycles. The Morgan fingerprint density at radius 1 is 1.16 bits per heavy atom. The molecule has 0 radical (unpaired) electrons. The number of benzene rings is 1. The molecule has 0 bridgehead atoms. The highest BCUT2D eigenvalue weighted by molar-refractivity contribution is 5.94. The number of ether oxygens (including phenoxy) is 2. The summed E-state index contributed by atoms with van der Waals surface area (Å²) in [6.07, 6.45) is 3.22. The van der Waals surface area contributed by atoms with E-state index in [-0.39, 0.29) is 5.78 Å². The highest BCUT2D eigenvalue weighted by atomic mass is 16.6. The Morgan fingerprint density at radius 2 is 1.96 bits per heavy atom. The summed E-state index contributed by atoms with van der Waals surface area (Å²) in [5.74, 6) is 1.87. The van der Waals surface area contributed by atoms with Gasteiger partial charge in [-0.05, 0) is 24.4 Å². The fourth-order valence-corrected chi connectivity index (χ4v) is 3.52. The van der Waals surface area contributed by atoms with E-state index >= 15 is 0 Å². The van der Waals surface area contributed by atoms with Crippen molar-refractivity contribution < 1.29 is 14.3 Å². The van der Waals surface area contributed by atoms with Gasteiger partial charge in [0, 0.05) is 25.6 Å². The van der Waals surface area contributed by atoms with Gasteiger partial charge in [-0.25, -0.2) is 4.98 Å². The number of Topliss-reactive ketones (excluding diaryl/α,β-unsaturated/α-hetero) is 1. The van der Waals surface area contributed by atoms with Crippen LogP contribution in [0.2, 0.25) is 0 Å². The van der Waals surface area contributed by atoms with Crippen molar-refractivity contribution in [3.05, 3.63) is 53.9 Å². The molecule has 1 unspecified atom stereocenters. The molecule has 4 rings (SSSR count). The molecule has 0 spiro atoms. The van der Waals surface area contributed by atoms with Gasteiger partial charge in [-0.2, -0.15) is 0 Å². The zero-order valence-corrected chi connectivity index (χ0v) is 14.2. The molecule has 25 heavy (non-hydrogen) atoms. The number of pyridine rings is 1. The monoisotopic (exact) mass is 338 g/mol. The van der Waals surface area contributed by atoms with Crippen LogP contribution in [0.1, 0.15) is 34.8 Å². The number of carbonyl (C=O) groups is 1. The molecule has 0 amide bonds. The Labute approximate surface area is 147 Å². The number of ketones is 1. The summed E-state index contributed by atoms with van der Waals surface area (Å²) in [7, 11) is 0. The van der Waals surface area contributed by atoms with Gasteiger partial charge in [0.15, 0.2) is 17.3 Å². The first kappa shape index (κ1) is 16.1. The minimum absolute atomic E-state index is 0.0557. The number of fused-ring (bicyclic) bond motifs is 1. The van der Waals surface area contributed by atoms with E-state index < -0.39 is 0 Å². The highest BCUT2D eigenvalue weighted by Gasteiger charge is 2.24. The van der Waals surface area contributed by atoms with Crippen LogP contribution >= 0.6 is 0 Å². The number of likely N-dealkylation sites (tertiary alicyclic amines) is 1. The first-order chi connectivity index (χ1) is 12.3. The summed E-state index contributed by atoms with van der Waals surface area (Å²) in [5.41, 5.74) is 1.85. The maximum atomic E-state index is 12.5. The number of hydrogen-bond donors (Lipinski definition) is 0. The van der Waals surface area contributed by atoms with Gasteiger partial charge in [-0.15, -0.1) is 0 Å². The zero-order chi connectivity index (χ0) is 17.1. The van der Waals surface area contributed by atoms with Crippen molar-refractivity contribution in [2.45, 2.75) is 18.8 Å². The molecule has 0 saturated carbocycles. The van der Waals surface area contributed by atoms with E-state index in [0.29, 0.717) is 42.7 Å². The summed E-state index contributed by atoms with van der Waals surface area (Å²) < 4.78 is 11.0. The van der Waals surface area contributed by atoms with Crippen molar-refractivity contribution in [1.29, 1.82) is 0 Å². The van der Waals surface area contributed by atoms with Gasteiger partial charge < -0.3 is 14.4 Å². The van der Waals surface area contributed by atoms with E-state index in [1.165, 1.54) is 5.56 Å². The fraction of sp³-hybridized carbons (Fsp3) is 0.400. The van der Waals surface area contributed by atoms with E-state index in [9.17, 15) is 4.79 Å². The second-order valence-electron chi connectivity index (χ2n) is 6.58. The molecule has 0 N–H and O–H groups in total. The molecule has 2 aliphatic rings. The molecule has 2 aromatic rings. The van der Waals surface area contributed by atoms with Crippen LogP contribution in [0.25, 0.3) is 0 Å². The predicted octanol–water partition coefficient (Wildman–Crippen LogP) is 2.92. The number of rotatable bonds is 5. The van der Waals surface area contributed by atoms with Gasteiger partial charge in [0.25, 0.3) is 0 Å². The standard InChI is InChI=1S/C20H22N2O3/c23-18(17-12-19-20(13-21-17)25-11-10-24-19)7-9-22-8-6-16(14-22)15-4-2-1-3-5-15/h1-5,12-13,16H,6-11,14H2. The molecular formula is C20H22N2O3. The molecular weight excluding hydrogens is 316 g/mol. The third kappa shape index (κ3) is 3.66. The number of carbonyl (C=O) groups excluding carboxylic acids is 1. The SMILES string of the molecule is O=C(CCN1CCC(c2ccccc2)C1)c1cc2c(cn1)OCCO2. The number of hydrogen-bond acceptors (Lipinski definition) is 5. The van der Waals surface area contributed by atoms with Crippen molar-refractivity contribution in [3.8, 4) is 11.5 Å². The summed E-state index contributed by atoms with van der Waals surface area (Å²) >= 11 is 0. The maximum Gasteiger partial charge on any atom is 0.182 e. The first-order valence-corrected chi connectivity index (χ1v) is 8.86. The van der Waals surface area contributed by atoms with Crippen LogP contribution < -0.4 is 9.47 Å². The molecule has 1 fully saturated rings. The summed E-state index contributed by atoms with van der Waals surface area (Å²) in [6, 6.07) is 12.3. The Morgan fingerprint density at radius 3 is 2.80 bits per heavy atom. The smallest absolute Gasteiger partial charge is 0.182 e. The van der Waals surface area contributed by atoms with Crippen LogP contribution in [0.15, 0.2) is 42.6 Å². The van der Waals surface area contributed by atoms with E-state index in [2.05, 4.69) is 40.2 Å². The normalized spacial score (nSPS) is 19.8. The Bertz CT molecular complexity index is 748. The molecule has 1 aromatic heterocycles. The second-order valence-corrected chi connectivity index (χ2v) is 6.58. The van der Waals surface area contributed by atoms with Crippen LogP contribution in [0, 0.1) is 0 Å². The minimum Gasteiger partial charge on any atom is -0.486 e. The Kier molecular flexibility index (Phi) is 4.65. The number of aromatic nitrogens is 1. The molecule has 2 aliphatic heterocycles. The molecule has 1 saturated heterocycles. The lowest BCUT2D eigenvalue weighted by Gasteiger charge is -2.18. The minimum atomic E-state index is 0.0557. The van der Waals surface area contributed by atoms with Crippen molar-refractivity contribution >= 4 is 5.78 Å². The quantitative estimate of drug-likeness (QED) is 0.785. The Hall–Kier alpha value is -2.40. The van der Waals surface area contributed by atoms with E-state index in [1.54, 1.807) is 12.3 Å². The Balaban J connectivity index is 1.32. The lowest BCUT2D eigenvalue weighted by Crippen LogP contribution is -2.24. The van der Waals surface area contributed by atoms with Gasteiger partial charge in [0.1, 0.15) is 18.9 Å². The third-order valence-corrected chi connectivity index (χ3v) is 4.91. The average molecular weight is 338 g/mol. The number of nitrogens with zero attached hydrogens (tertiary/aromatic N) is 2. The second kappa shape index (κ2) is 7.23. The van der Waals surface area contributed by atoms with Gasteiger partial charge in [-0.3, -0.25) is 4.79 Å². The molecule has 3 heterocycles. The van der Waals surface area contributed by atoms with Gasteiger partial charge in [0.05, 0.1) is 6.20 Å². The molecule has 0 aliphatic carbocycles. The van der Waals surface area contributed by atoms with Crippen molar-refractivity contribution in [1.82, 2.24) is 9.88 Å². The molecule has 1 atom stereocenters. The van der Waals surface area contributed by atoms with Crippen LogP contribution in [0.3, 0.4) is 0 Å². The largest absolute Gasteiger partial charge is 0.486 e. The zero-order valence-electron chi connectivity index (χ0n) is 14.2. The van der Waals surface area contributed by atoms with Crippen LogP contribution in [0.5, 0.6) is 11.5 Å². The predicted molar refractivity (Wildman–Crippen MR) is 94.4 cm³/mol. The molecule has 5 nitrogen and oxygen atoms in total. The molecule has 130 valence electrons. The average Bonchev–Trinajstić information content (AvgIpc) is 3.15. The van der Waals surface area contributed by atoms with Crippen LogP contribution in [0.4, 0.5) is 0 Å². The summed E-state index contributed by atoms with van der Waals surface area (Å²) in [5, 5.41) is 0. The fourth-order valence-electron chi connectivity index (χ4n) is 3.52. The van der Waals surface area contributed by atoms with Crippen molar-refractivity contribution in [3.63, 3.8) is 0 Å². The van der Waals surface area contributed by atoms with Gasteiger partial charge in [0.2, 0.25) is 0 Å². The molecule has 5 heteroatoms. The van der Waals surface area contributed by atoms with E-state index in [4.69, 9.17) is 9.47 Å². The lowest BCUT2D eigenvalue weighted by molar-refractivity contribution is 0.0962. The van der Waals surface area contributed by atoms with Crippen LogP contribution in [-0.2, 0) is 0 Å². The van der Waals surface area contributed by atoms with E-state index in [0.717, 1.165) is 26.1 Å². The summed E-state index contributed by atoms with van der Waals surface area (Å²) in [6.45, 7) is 3.88.